The third-order valence-electron chi connectivity index (χ3n) is 2.84. The van der Waals surface area contributed by atoms with Crippen molar-refractivity contribution in [3.8, 4) is 0 Å². The maximum atomic E-state index is 3.29. The molecule has 10 heavy (non-hydrogen) atoms. The summed E-state index contributed by atoms with van der Waals surface area (Å²) >= 11 is 0. The maximum absolute atomic E-state index is 3.29. The molecular weight excluding hydrogens is 124 g/mol. The van der Waals surface area contributed by atoms with Gasteiger partial charge in [0.1, 0.15) is 0 Å². The molecule has 2 heterocycles. The van der Waals surface area contributed by atoms with E-state index >= 15 is 0 Å². The summed E-state index contributed by atoms with van der Waals surface area (Å²) in [5.74, 6) is 0. The lowest BCUT2D eigenvalue weighted by molar-refractivity contribution is 0.291. The summed E-state index contributed by atoms with van der Waals surface area (Å²) in [4.78, 5) is 0. The Bertz CT molecular complexity index is 156. The van der Waals surface area contributed by atoms with Gasteiger partial charge in [-0.3, -0.25) is 10.9 Å². The first-order chi connectivity index (χ1) is 4.79. The highest BCUT2D eigenvalue weighted by Crippen LogP contribution is 2.27. The van der Waals surface area contributed by atoms with Gasteiger partial charge in [-0.15, -0.1) is 0 Å². The standard InChI is InChI=1S/C8H14N2/c1-5-6(2)8-4-3-7(5)9-10-8/h7-10H,3-4H2,1-2H3. The van der Waals surface area contributed by atoms with Gasteiger partial charge in [0.2, 0.25) is 0 Å². The molecule has 2 nitrogen and oxygen atoms in total. The van der Waals surface area contributed by atoms with Gasteiger partial charge in [0.25, 0.3) is 0 Å². The molecule has 56 valence electrons. The van der Waals surface area contributed by atoms with Crippen molar-refractivity contribution < 1.29 is 0 Å². The van der Waals surface area contributed by atoms with E-state index in [9.17, 15) is 0 Å². The zero-order valence-electron chi connectivity index (χ0n) is 6.57. The molecule has 0 amide bonds. The molecule has 2 aliphatic heterocycles. The van der Waals surface area contributed by atoms with Crippen molar-refractivity contribution in [2.45, 2.75) is 38.8 Å². The third-order valence-corrected chi connectivity index (χ3v) is 2.84. The second-order valence-electron chi connectivity index (χ2n) is 3.34. The number of hydrogen-bond acceptors (Lipinski definition) is 2. The summed E-state index contributed by atoms with van der Waals surface area (Å²) in [6.07, 6.45) is 2.61. The van der Waals surface area contributed by atoms with Crippen LogP contribution in [0.5, 0.6) is 0 Å². The van der Waals surface area contributed by atoms with Crippen molar-refractivity contribution in [1.29, 1.82) is 0 Å². The summed E-state index contributed by atoms with van der Waals surface area (Å²) in [6.45, 7) is 4.47. The average Bonchev–Trinajstić information content (AvgIpc) is 2.00. The summed E-state index contributed by atoms with van der Waals surface area (Å²) in [6, 6.07) is 1.23. The number of fused-ring (bicyclic) bond motifs is 2. The van der Waals surface area contributed by atoms with Gasteiger partial charge in [-0.1, -0.05) is 11.1 Å². The fourth-order valence-electron chi connectivity index (χ4n) is 1.88. The summed E-state index contributed by atoms with van der Waals surface area (Å²) in [5, 5.41) is 0. The van der Waals surface area contributed by atoms with Gasteiger partial charge in [-0.25, -0.2) is 0 Å². The predicted molar refractivity (Wildman–Crippen MR) is 41.5 cm³/mol. The van der Waals surface area contributed by atoms with Crippen molar-refractivity contribution in [2.75, 3.05) is 0 Å². The Morgan fingerprint density at radius 3 is 1.60 bits per heavy atom. The molecule has 2 N–H and O–H groups in total. The zero-order chi connectivity index (χ0) is 7.14. The summed E-state index contributed by atoms with van der Waals surface area (Å²) in [5.41, 5.74) is 9.68. The van der Waals surface area contributed by atoms with Crippen LogP contribution in [0.1, 0.15) is 26.7 Å². The second-order valence-corrected chi connectivity index (χ2v) is 3.34. The molecule has 0 spiro atoms. The Morgan fingerprint density at radius 1 is 1.00 bits per heavy atom. The molecule has 0 aromatic carbocycles. The first-order valence-electron chi connectivity index (χ1n) is 3.97. The van der Waals surface area contributed by atoms with E-state index in [-0.39, 0.29) is 0 Å². The number of rotatable bonds is 0. The molecular formula is C8H14N2. The molecule has 1 fully saturated rings. The van der Waals surface area contributed by atoms with Gasteiger partial charge >= 0.3 is 0 Å². The monoisotopic (exact) mass is 138 g/mol. The Morgan fingerprint density at radius 2 is 1.40 bits per heavy atom. The number of hydrogen-bond donors (Lipinski definition) is 2. The Hall–Kier alpha value is -0.340. The lowest BCUT2D eigenvalue weighted by Gasteiger charge is -2.39. The van der Waals surface area contributed by atoms with Crippen molar-refractivity contribution in [2.24, 2.45) is 0 Å². The fourth-order valence-corrected chi connectivity index (χ4v) is 1.88. The van der Waals surface area contributed by atoms with Crippen LogP contribution in [-0.4, -0.2) is 12.1 Å². The van der Waals surface area contributed by atoms with Gasteiger partial charge in [0.15, 0.2) is 0 Å². The van der Waals surface area contributed by atoms with Gasteiger partial charge < -0.3 is 0 Å². The molecule has 1 aliphatic carbocycles. The van der Waals surface area contributed by atoms with E-state index < -0.39 is 0 Å². The molecule has 2 atom stereocenters. The summed E-state index contributed by atoms with van der Waals surface area (Å²) in [7, 11) is 0. The highest BCUT2D eigenvalue weighted by Gasteiger charge is 2.29. The van der Waals surface area contributed by atoms with Gasteiger partial charge in [-0.05, 0) is 26.7 Å². The SMILES string of the molecule is CC1=C(C)C2CCC1NN2. The minimum Gasteiger partial charge on any atom is -0.250 e. The summed E-state index contributed by atoms with van der Waals surface area (Å²) < 4.78 is 0. The van der Waals surface area contributed by atoms with E-state index in [0.717, 1.165) is 0 Å². The van der Waals surface area contributed by atoms with E-state index in [2.05, 4.69) is 24.7 Å². The van der Waals surface area contributed by atoms with E-state index in [4.69, 9.17) is 0 Å². The molecule has 3 rings (SSSR count). The van der Waals surface area contributed by atoms with E-state index in [0.29, 0.717) is 12.1 Å². The highest BCUT2D eigenvalue weighted by molar-refractivity contribution is 5.26. The molecule has 2 unspecified atom stereocenters. The quantitative estimate of drug-likeness (QED) is 0.487. The van der Waals surface area contributed by atoms with Crippen molar-refractivity contribution in [1.82, 2.24) is 10.9 Å². The van der Waals surface area contributed by atoms with Crippen molar-refractivity contribution >= 4 is 0 Å². The maximum Gasteiger partial charge on any atom is 0.0423 e. The van der Waals surface area contributed by atoms with Crippen LogP contribution in [0.3, 0.4) is 0 Å². The smallest absolute Gasteiger partial charge is 0.0423 e. The molecule has 0 aromatic rings. The van der Waals surface area contributed by atoms with E-state index in [1.807, 2.05) is 0 Å². The largest absolute Gasteiger partial charge is 0.250 e. The zero-order valence-corrected chi connectivity index (χ0v) is 6.57. The molecule has 3 aliphatic rings. The molecule has 1 saturated heterocycles. The van der Waals surface area contributed by atoms with Crippen LogP contribution in [0.4, 0.5) is 0 Å². The van der Waals surface area contributed by atoms with Crippen LogP contribution in [-0.2, 0) is 0 Å². The Balaban J connectivity index is 2.35. The minimum absolute atomic E-state index is 0.616. The normalized spacial score (nSPS) is 39.0. The van der Waals surface area contributed by atoms with Crippen molar-refractivity contribution in [3.63, 3.8) is 0 Å². The predicted octanol–water partition coefficient (Wildman–Crippen LogP) is 0.962. The number of nitrogens with one attached hydrogen (secondary N) is 2. The lowest BCUT2D eigenvalue weighted by atomic mass is 9.84. The average molecular weight is 138 g/mol. The van der Waals surface area contributed by atoms with Crippen LogP contribution in [0.2, 0.25) is 0 Å². The van der Waals surface area contributed by atoms with Crippen LogP contribution in [0, 0.1) is 0 Å². The van der Waals surface area contributed by atoms with Gasteiger partial charge in [0, 0.05) is 12.1 Å². The van der Waals surface area contributed by atoms with E-state index in [1.165, 1.54) is 12.8 Å². The van der Waals surface area contributed by atoms with Gasteiger partial charge in [-0.2, -0.15) is 0 Å². The Kier molecular flexibility index (Phi) is 1.32. The molecule has 0 radical (unpaired) electrons. The first-order valence-corrected chi connectivity index (χ1v) is 3.97. The third kappa shape index (κ3) is 0.724. The lowest BCUT2D eigenvalue weighted by Crippen LogP contribution is -2.56. The minimum atomic E-state index is 0.616. The van der Waals surface area contributed by atoms with E-state index in [1.54, 1.807) is 11.1 Å². The van der Waals surface area contributed by atoms with Crippen LogP contribution in [0.25, 0.3) is 0 Å². The molecule has 2 heteroatoms. The van der Waals surface area contributed by atoms with Gasteiger partial charge in [0.05, 0.1) is 0 Å². The topological polar surface area (TPSA) is 24.1 Å². The fraction of sp³-hybridized carbons (Fsp3) is 0.750. The second kappa shape index (κ2) is 2.07. The van der Waals surface area contributed by atoms with Crippen LogP contribution < -0.4 is 10.9 Å². The Labute approximate surface area is 61.7 Å². The molecule has 0 saturated carbocycles. The van der Waals surface area contributed by atoms with Crippen LogP contribution >= 0.6 is 0 Å². The molecule has 0 aromatic heterocycles. The van der Waals surface area contributed by atoms with Crippen LogP contribution in [0.15, 0.2) is 11.1 Å². The molecule has 2 bridgehead atoms. The number of hydrazine groups is 1. The van der Waals surface area contributed by atoms with Crippen molar-refractivity contribution in [3.05, 3.63) is 11.1 Å². The first kappa shape index (κ1) is 6.38. The highest BCUT2D eigenvalue weighted by atomic mass is 15.4.